The number of fused-ring (bicyclic) bond motifs is 1. The van der Waals surface area contributed by atoms with Crippen molar-refractivity contribution in [1.29, 1.82) is 0 Å². The van der Waals surface area contributed by atoms with Crippen LogP contribution in [0, 0.1) is 35.4 Å². The van der Waals surface area contributed by atoms with Crippen LogP contribution in [-0.2, 0) is 9.53 Å². The van der Waals surface area contributed by atoms with Gasteiger partial charge >= 0.3 is 5.97 Å². The van der Waals surface area contributed by atoms with E-state index in [4.69, 9.17) is 4.74 Å². The van der Waals surface area contributed by atoms with Crippen molar-refractivity contribution in [3.05, 3.63) is 60.2 Å². The Hall–Kier alpha value is -2.49. The molecular weight excluding hydrogens is 353 g/mol. The van der Waals surface area contributed by atoms with Crippen molar-refractivity contribution in [1.82, 2.24) is 4.98 Å². The molecule has 2 fully saturated rings. The van der Waals surface area contributed by atoms with Crippen LogP contribution in [0.2, 0.25) is 0 Å². The molecule has 0 radical (unpaired) electrons. The molecule has 1 saturated carbocycles. The van der Waals surface area contributed by atoms with E-state index in [2.05, 4.69) is 24.9 Å². The van der Waals surface area contributed by atoms with Crippen LogP contribution in [-0.4, -0.2) is 17.1 Å². The lowest BCUT2D eigenvalue weighted by molar-refractivity contribution is -0.144. The molecule has 0 amide bonds. The maximum atomic E-state index is 13.4. The van der Waals surface area contributed by atoms with Crippen LogP contribution in [0.15, 0.2) is 48.7 Å². The van der Waals surface area contributed by atoms with Gasteiger partial charge in [-0.2, -0.15) is 0 Å². The summed E-state index contributed by atoms with van der Waals surface area (Å²) in [6, 6.07) is 10.4. The Bertz CT molecular complexity index is 892. The van der Waals surface area contributed by atoms with Crippen LogP contribution < -0.4 is 0 Å². The average molecular weight is 379 g/mol. The minimum Gasteiger partial charge on any atom is -0.462 e. The number of ether oxygens (including phenoxy) is 1. The van der Waals surface area contributed by atoms with Crippen LogP contribution in [0.3, 0.4) is 0 Å². The van der Waals surface area contributed by atoms with E-state index in [1.165, 1.54) is 12.1 Å². The number of halogens is 1. The standard InChI is InChI=1S/C24H26FNO2/c1-14-11-22-23(16(3)28-24(22)27)21(15(14)2)10-9-20-8-7-18(13-26-20)17-5-4-6-19(25)12-17/h4-10,12-16,21-23H,11H2,1-3H3/t14-,15+,16+,21-,22+,23-/m0/s1. The number of carbonyl (C=O) groups excluding carboxylic acids is 1. The summed E-state index contributed by atoms with van der Waals surface area (Å²) in [7, 11) is 0. The molecule has 0 N–H and O–H groups in total. The lowest BCUT2D eigenvalue weighted by Crippen LogP contribution is -2.39. The summed E-state index contributed by atoms with van der Waals surface area (Å²) < 4.78 is 19.0. The number of benzene rings is 1. The Labute approximate surface area is 165 Å². The van der Waals surface area contributed by atoms with E-state index in [9.17, 15) is 9.18 Å². The molecule has 0 bridgehead atoms. The second-order valence-electron chi connectivity index (χ2n) is 8.32. The summed E-state index contributed by atoms with van der Waals surface area (Å²) in [5, 5.41) is 0. The van der Waals surface area contributed by atoms with Crippen molar-refractivity contribution in [2.24, 2.45) is 29.6 Å². The van der Waals surface area contributed by atoms with Gasteiger partial charge in [0.25, 0.3) is 0 Å². The van der Waals surface area contributed by atoms with Crippen LogP contribution in [0.25, 0.3) is 17.2 Å². The molecule has 1 aromatic heterocycles. The molecule has 4 heteroatoms. The number of pyridine rings is 1. The van der Waals surface area contributed by atoms with Crippen LogP contribution in [0.4, 0.5) is 4.39 Å². The first-order chi connectivity index (χ1) is 13.4. The second kappa shape index (κ2) is 7.50. The summed E-state index contributed by atoms with van der Waals surface area (Å²) in [6.45, 7) is 6.51. The van der Waals surface area contributed by atoms with Gasteiger partial charge < -0.3 is 4.74 Å². The third-order valence-electron chi connectivity index (χ3n) is 6.62. The number of carbonyl (C=O) groups is 1. The lowest BCUT2D eigenvalue weighted by atomic mass is 9.62. The van der Waals surface area contributed by atoms with E-state index >= 15 is 0 Å². The van der Waals surface area contributed by atoms with Crippen molar-refractivity contribution in [3.63, 3.8) is 0 Å². The first kappa shape index (κ1) is 18.9. The van der Waals surface area contributed by atoms with Crippen molar-refractivity contribution < 1.29 is 13.9 Å². The third-order valence-corrected chi connectivity index (χ3v) is 6.62. The largest absolute Gasteiger partial charge is 0.462 e. The Balaban J connectivity index is 1.55. The molecule has 4 rings (SSSR count). The maximum absolute atomic E-state index is 13.4. The fourth-order valence-electron chi connectivity index (χ4n) is 4.87. The van der Waals surface area contributed by atoms with Gasteiger partial charge in [0.05, 0.1) is 11.6 Å². The van der Waals surface area contributed by atoms with Gasteiger partial charge in [-0.25, -0.2) is 4.39 Å². The second-order valence-corrected chi connectivity index (χ2v) is 8.32. The quantitative estimate of drug-likeness (QED) is 0.673. The van der Waals surface area contributed by atoms with Gasteiger partial charge in [-0.3, -0.25) is 9.78 Å². The van der Waals surface area contributed by atoms with Gasteiger partial charge in [-0.05, 0) is 60.9 Å². The number of aromatic nitrogens is 1. The summed E-state index contributed by atoms with van der Waals surface area (Å²) in [5.74, 6) is 1.23. The molecule has 0 unspecified atom stereocenters. The zero-order valence-electron chi connectivity index (χ0n) is 16.5. The molecule has 6 atom stereocenters. The summed E-state index contributed by atoms with van der Waals surface area (Å²) in [4.78, 5) is 16.7. The predicted octanol–water partition coefficient (Wildman–Crippen LogP) is 5.37. The fourth-order valence-corrected chi connectivity index (χ4v) is 4.87. The molecule has 2 aromatic rings. The zero-order valence-corrected chi connectivity index (χ0v) is 16.5. The molecule has 3 nitrogen and oxygen atoms in total. The van der Waals surface area contributed by atoms with Gasteiger partial charge in [-0.15, -0.1) is 0 Å². The van der Waals surface area contributed by atoms with Gasteiger partial charge in [0.15, 0.2) is 0 Å². The highest BCUT2D eigenvalue weighted by atomic mass is 19.1. The Morgan fingerprint density at radius 3 is 2.68 bits per heavy atom. The van der Waals surface area contributed by atoms with Crippen LogP contribution in [0.1, 0.15) is 32.9 Å². The fraction of sp³-hybridized carbons (Fsp3) is 0.417. The van der Waals surface area contributed by atoms with Gasteiger partial charge in [-0.1, -0.05) is 38.1 Å². The number of hydrogen-bond acceptors (Lipinski definition) is 3. The smallest absolute Gasteiger partial charge is 0.309 e. The van der Waals surface area contributed by atoms with E-state index in [-0.39, 0.29) is 29.7 Å². The highest BCUT2D eigenvalue weighted by Gasteiger charge is 2.51. The molecule has 1 aliphatic heterocycles. The van der Waals surface area contributed by atoms with E-state index in [1.54, 1.807) is 12.3 Å². The Morgan fingerprint density at radius 2 is 1.96 bits per heavy atom. The summed E-state index contributed by atoms with van der Waals surface area (Å²) in [6.07, 6.45) is 6.90. The first-order valence-electron chi connectivity index (χ1n) is 10.0. The Morgan fingerprint density at radius 1 is 1.14 bits per heavy atom. The van der Waals surface area contributed by atoms with E-state index < -0.39 is 0 Å². The number of allylic oxidation sites excluding steroid dienone is 1. The third kappa shape index (κ3) is 3.48. The monoisotopic (exact) mass is 379 g/mol. The number of esters is 1. The van der Waals surface area contributed by atoms with Crippen molar-refractivity contribution >= 4 is 12.0 Å². The Kier molecular flexibility index (Phi) is 5.05. The van der Waals surface area contributed by atoms with Crippen molar-refractivity contribution in [3.8, 4) is 11.1 Å². The van der Waals surface area contributed by atoms with Crippen LogP contribution >= 0.6 is 0 Å². The minimum absolute atomic E-state index is 0.0131. The molecule has 1 aliphatic carbocycles. The van der Waals surface area contributed by atoms with Gasteiger partial charge in [0, 0.05) is 17.7 Å². The van der Waals surface area contributed by atoms with Crippen LogP contribution in [0.5, 0.6) is 0 Å². The molecule has 28 heavy (non-hydrogen) atoms. The molecule has 2 heterocycles. The first-order valence-corrected chi connectivity index (χ1v) is 10.0. The number of nitrogens with zero attached hydrogens (tertiary/aromatic N) is 1. The van der Waals surface area contributed by atoms with Gasteiger partial charge in [0.1, 0.15) is 11.9 Å². The van der Waals surface area contributed by atoms with E-state index in [0.29, 0.717) is 17.8 Å². The maximum Gasteiger partial charge on any atom is 0.309 e. The van der Waals surface area contributed by atoms with Crippen molar-refractivity contribution in [2.75, 3.05) is 0 Å². The normalized spacial score (nSPS) is 32.4. The average Bonchev–Trinajstić information content (AvgIpc) is 2.96. The lowest BCUT2D eigenvalue weighted by Gasteiger charge is -2.40. The topological polar surface area (TPSA) is 39.2 Å². The molecule has 1 aromatic carbocycles. The summed E-state index contributed by atoms with van der Waals surface area (Å²) >= 11 is 0. The molecule has 146 valence electrons. The molecule has 0 spiro atoms. The molecular formula is C24H26FNO2. The number of rotatable bonds is 3. The number of cyclic esters (lactones) is 1. The SMILES string of the molecule is C[C@H]1[C@H](C=Cc2ccc(-c3cccc(F)c3)cn2)[C@@H]2[C@@H](C)OC(=O)[C@@H]2C[C@@H]1C. The highest BCUT2D eigenvalue weighted by Crippen LogP contribution is 2.48. The number of hydrogen-bond donors (Lipinski definition) is 0. The molecule has 1 saturated heterocycles. The summed E-state index contributed by atoms with van der Waals surface area (Å²) in [5.41, 5.74) is 2.57. The minimum atomic E-state index is -0.251. The highest BCUT2D eigenvalue weighted by molar-refractivity contribution is 5.75. The van der Waals surface area contributed by atoms with E-state index in [0.717, 1.165) is 23.2 Å². The molecule has 2 aliphatic rings. The van der Waals surface area contributed by atoms with E-state index in [1.807, 2.05) is 31.2 Å². The van der Waals surface area contributed by atoms with Crippen molar-refractivity contribution in [2.45, 2.75) is 33.3 Å². The van der Waals surface area contributed by atoms with Gasteiger partial charge in [0.2, 0.25) is 0 Å². The predicted molar refractivity (Wildman–Crippen MR) is 108 cm³/mol. The zero-order chi connectivity index (χ0) is 19.8.